The van der Waals surface area contributed by atoms with E-state index in [9.17, 15) is 9.59 Å². The van der Waals surface area contributed by atoms with Crippen LogP contribution in [0.5, 0.6) is 11.5 Å². The number of nitrogens with zero attached hydrogens (tertiary/aromatic N) is 1. The fourth-order valence-corrected chi connectivity index (χ4v) is 2.75. The lowest BCUT2D eigenvalue weighted by Crippen LogP contribution is -2.31. The van der Waals surface area contributed by atoms with Crippen LogP contribution < -0.4 is 20.3 Å². The number of aromatic amines is 1. The molecule has 0 spiro atoms. The lowest BCUT2D eigenvalue weighted by Gasteiger charge is -2.10. The van der Waals surface area contributed by atoms with Gasteiger partial charge in [-0.2, -0.15) is 0 Å². The molecule has 2 N–H and O–H groups in total. The van der Waals surface area contributed by atoms with Crippen molar-refractivity contribution in [2.75, 3.05) is 20.8 Å². The van der Waals surface area contributed by atoms with E-state index in [1.807, 2.05) is 48.5 Å². The summed E-state index contributed by atoms with van der Waals surface area (Å²) in [6.07, 6.45) is 1.88. The van der Waals surface area contributed by atoms with Crippen LogP contribution >= 0.6 is 0 Å². The van der Waals surface area contributed by atoms with E-state index in [-0.39, 0.29) is 5.56 Å². The Morgan fingerprint density at radius 1 is 1.07 bits per heavy atom. The maximum atomic E-state index is 12.3. The maximum absolute atomic E-state index is 12.3. The molecular formula is C21H21N3O4. The monoisotopic (exact) mass is 379 g/mol. The molecule has 0 saturated heterocycles. The van der Waals surface area contributed by atoms with Crippen LogP contribution in [0.1, 0.15) is 15.9 Å². The summed E-state index contributed by atoms with van der Waals surface area (Å²) in [4.78, 5) is 31.4. The summed E-state index contributed by atoms with van der Waals surface area (Å²) < 4.78 is 10.5. The average molecular weight is 379 g/mol. The molecule has 3 rings (SSSR count). The fraction of sp³-hybridized carbons (Fsp3) is 0.190. The van der Waals surface area contributed by atoms with Crippen molar-refractivity contribution in [1.82, 2.24) is 15.3 Å². The summed E-state index contributed by atoms with van der Waals surface area (Å²) in [7, 11) is 3.15. The van der Waals surface area contributed by atoms with E-state index >= 15 is 0 Å². The van der Waals surface area contributed by atoms with Gasteiger partial charge in [0, 0.05) is 18.3 Å². The number of carbonyl (C=O) groups excluding carboxylic acids is 1. The Balaban J connectivity index is 1.63. The van der Waals surface area contributed by atoms with Gasteiger partial charge in [0.15, 0.2) is 11.5 Å². The van der Waals surface area contributed by atoms with Crippen molar-refractivity contribution in [3.8, 4) is 22.9 Å². The van der Waals surface area contributed by atoms with Gasteiger partial charge in [-0.15, -0.1) is 0 Å². The van der Waals surface area contributed by atoms with Crippen molar-refractivity contribution >= 4 is 5.91 Å². The van der Waals surface area contributed by atoms with E-state index in [1.54, 1.807) is 14.2 Å². The van der Waals surface area contributed by atoms with Gasteiger partial charge in [0.1, 0.15) is 11.4 Å². The molecule has 0 fully saturated rings. The highest BCUT2D eigenvalue weighted by Crippen LogP contribution is 2.27. The Hall–Kier alpha value is -3.61. The number of nitrogens with one attached hydrogen (secondary N) is 2. The van der Waals surface area contributed by atoms with Crippen LogP contribution in [-0.2, 0) is 6.42 Å². The zero-order chi connectivity index (χ0) is 19.9. The molecule has 0 aliphatic heterocycles. The molecule has 3 aromatic rings. The number of H-pyrrole nitrogens is 1. The zero-order valence-electron chi connectivity index (χ0n) is 15.7. The summed E-state index contributed by atoms with van der Waals surface area (Å²) in [6.45, 7) is 0.369. The SMILES string of the molecule is COc1ccc(CCNC(=O)c2cnc(-c3ccccc3)[nH]c2=O)cc1OC. The van der Waals surface area contributed by atoms with Crippen molar-refractivity contribution in [3.05, 3.63) is 76.2 Å². The van der Waals surface area contributed by atoms with E-state index in [0.29, 0.717) is 30.3 Å². The quantitative estimate of drug-likeness (QED) is 0.658. The van der Waals surface area contributed by atoms with Gasteiger partial charge in [-0.3, -0.25) is 9.59 Å². The molecule has 0 bridgehead atoms. The third kappa shape index (κ3) is 4.37. The molecule has 1 aromatic heterocycles. The van der Waals surface area contributed by atoms with Crippen molar-refractivity contribution in [1.29, 1.82) is 0 Å². The number of aromatic nitrogens is 2. The Labute approximate surface area is 162 Å². The largest absolute Gasteiger partial charge is 0.493 e. The van der Waals surface area contributed by atoms with Crippen LogP contribution in [0.4, 0.5) is 0 Å². The summed E-state index contributed by atoms with van der Waals surface area (Å²) in [5, 5.41) is 2.74. The van der Waals surface area contributed by atoms with Crippen LogP contribution in [0.2, 0.25) is 0 Å². The normalized spacial score (nSPS) is 10.4. The molecular weight excluding hydrogens is 358 g/mol. The number of rotatable bonds is 7. The number of ether oxygens (including phenoxy) is 2. The van der Waals surface area contributed by atoms with Crippen LogP contribution in [0.3, 0.4) is 0 Å². The number of benzene rings is 2. The molecule has 2 aromatic carbocycles. The van der Waals surface area contributed by atoms with Crippen LogP contribution in [0.25, 0.3) is 11.4 Å². The predicted octanol–water partition coefficient (Wildman–Crippen LogP) is 2.43. The first-order valence-electron chi connectivity index (χ1n) is 8.76. The Bertz CT molecular complexity index is 1020. The van der Waals surface area contributed by atoms with E-state index in [2.05, 4.69) is 15.3 Å². The molecule has 0 aliphatic rings. The predicted molar refractivity (Wildman–Crippen MR) is 106 cm³/mol. The number of carbonyl (C=O) groups is 1. The first kappa shape index (κ1) is 19.2. The summed E-state index contributed by atoms with van der Waals surface area (Å²) in [6, 6.07) is 14.8. The van der Waals surface area contributed by atoms with E-state index in [0.717, 1.165) is 11.1 Å². The molecule has 144 valence electrons. The zero-order valence-corrected chi connectivity index (χ0v) is 15.7. The molecule has 7 heteroatoms. The molecule has 7 nitrogen and oxygen atoms in total. The summed E-state index contributed by atoms with van der Waals surface area (Å²) in [5.41, 5.74) is 1.26. The lowest BCUT2D eigenvalue weighted by atomic mass is 10.1. The highest BCUT2D eigenvalue weighted by molar-refractivity contribution is 5.93. The van der Waals surface area contributed by atoms with Gasteiger partial charge in [0.05, 0.1) is 14.2 Å². The number of methoxy groups -OCH3 is 2. The fourth-order valence-electron chi connectivity index (χ4n) is 2.75. The van der Waals surface area contributed by atoms with Crippen molar-refractivity contribution in [2.24, 2.45) is 0 Å². The second-order valence-corrected chi connectivity index (χ2v) is 6.04. The minimum Gasteiger partial charge on any atom is -0.493 e. The third-order valence-corrected chi connectivity index (χ3v) is 4.24. The average Bonchev–Trinajstić information content (AvgIpc) is 2.74. The highest BCUT2D eigenvalue weighted by Gasteiger charge is 2.12. The third-order valence-electron chi connectivity index (χ3n) is 4.24. The van der Waals surface area contributed by atoms with E-state index in [1.165, 1.54) is 6.20 Å². The second-order valence-electron chi connectivity index (χ2n) is 6.04. The molecule has 0 atom stereocenters. The van der Waals surface area contributed by atoms with Crippen molar-refractivity contribution < 1.29 is 14.3 Å². The molecule has 1 heterocycles. The van der Waals surface area contributed by atoms with Gasteiger partial charge in [0.25, 0.3) is 11.5 Å². The van der Waals surface area contributed by atoms with Crippen molar-refractivity contribution in [3.63, 3.8) is 0 Å². The smallest absolute Gasteiger partial charge is 0.264 e. The first-order valence-corrected chi connectivity index (χ1v) is 8.76. The van der Waals surface area contributed by atoms with Gasteiger partial charge in [-0.25, -0.2) is 4.98 Å². The second kappa shape index (κ2) is 8.85. The molecule has 0 unspecified atom stereocenters. The Morgan fingerprint density at radius 2 is 1.82 bits per heavy atom. The van der Waals surface area contributed by atoms with Crippen LogP contribution in [-0.4, -0.2) is 36.6 Å². The Morgan fingerprint density at radius 3 is 2.50 bits per heavy atom. The molecule has 0 radical (unpaired) electrons. The number of hydrogen-bond acceptors (Lipinski definition) is 5. The molecule has 28 heavy (non-hydrogen) atoms. The van der Waals surface area contributed by atoms with E-state index in [4.69, 9.17) is 9.47 Å². The van der Waals surface area contributed by atoms with Gasteiger partial charge >= 0.3 is 0 Å². The summed E-state index contributed by atoms with van der Waals surface area (Å²) >= 11 is 0. The minimum atomic E-state index is -0.475. The van der Waals surface area contributed by atoms with Crippen LogP contribution in [0.15, 0.2) is 59.5 Å². The number of hydrogen-bond donors (Lipinski definition) is 2. The maximum Gasteiger partial charge on any atom is 0.264 e. The molecule has 1 amide bonds. The summed E-state index contributed by atoms with van der Waals surface area (Å²) in [5.74, 6) is 1.23. The highest BCUT2D eigenvalue weighted by atomic mass is 16.5. The lowest BCUT2D eigenvalue weighted by molar-refractivity contribution is 0.0952. The van der Waals surface area contributed by atoms with Gasteiger partial charge < -0.3 is 19.8 Å². The standard InChI is InChI=1S/C21H21N3O4/c1-27-17-9-8-14(12-18(17)28-2)10-11-22-20(25)16-13-23-19(24-21(16)26)15-6-4-3-5-7-15/h3-9,12-13H,10-11H2,1-2H3,(H,22,25)(H,23,24,26). The minimum absolute atomic E-state index is 0.0213. The van der Waals surface area contributed by atoms with Gasteiger partial charge in [0.2, 0.25) is 0 Å². The molecule has 0 saturated carbocycles. The topological polar surface area (TPSA) is 93.3 Å². The number of amides is 1. The van der Waals surface area contributed by atoms with E-state index < -0.39 is 11.5 Å². The van der Waals surface area contributed by atoms with Crippen LogP contribution in [0, 0.1) is 0 Å². The van der Waals surface area contributed by atoms with Gasteiger partial charge in [-0.05, 0) is 24.1 Å². The molecule has 0 aliphatic carbocycles. The van der Waals surface area contributed by atoms with Crippen molar-refractivity contribution in [2.45, 2.75) is 6.42 Å². The first-order chi connectivity index (χ1) is 13.6. The Kier molecular flexibility index (Phi) is 6.06. The van der Waals surface area contributed by atoms with Gasteiger partial charge in [-0.1, -0.05) is 36.4 Å².